The van der Waals surface area contributed by atoms with Crippen molar-refractivity contribution in [1.82, 2.24) is 5.32 Å². The smallest absolute Gasteiger partial charge is 0.243 e. The second-order valence-corrected chi connectivity index (χ2v) is 8.22. The number of aryl methyl sites for hydroxylation is 1. The monoisotopic (exact) mass is 380 g/mol. The maximum Gasteiger partial charge on any atom is 0.243 e. The Kier molecular flexibility index (Phi) is 6.08. The molecular weight excluding hydrogens is 360 g/mol. The third kappa shape index (κ3) is 5.21. The Morgan fingerprint density at radius 3 is 2.48 bits per heavy atom. The van der Waals surface area contributed by atoms with Crippen LogP contribution in [0, 0.1) is 6.92 Å². The van der Waals surface area contributed by atoms with Gasteiger partial charge in [0.2, 0.25) is 15.9 Å². The van der Waals surface area contributed by atoms with Gasteiger partial charge in [-0.1, -0.05) is 47.5 Å². The number of carbonyl (C=O) groups is 1. The first kappa shape index (κ1) is 19.3. The molecule has 1 amide bonds. The first-order valence-corrected chi connectivity index (χ1v) is 9.99. The number of hydrogen-bond acceptors (Lipinski definition) is 3. The molecule has 0 aliphatic heterocycles. The summed E-state index contributed by atoms with van der Waals surface area (Å²) in [5.41, 5.74) is 2.40. The van der Waals surface area contributed by atoms with Crippen molar-refractivity contribution in [2.75, 3.05) is 10.6 Å². The standard InChI is InChI=1S/C18H21ClN2O3S/c1-13-6-4-7-15(10-13)12-20-18(22)14(2)21(25(3,23)24)17-9-5-8-16(19)11-17/h4-11,14H,12H2,1-3H3,(H,20,22). The molecule has 0 heterocycles. The maximum atomic E-state index is 12.5. The van der Waals surface area contributed by atoms with Crippen LogP contribution in [0.4, 0.5) is 5.69 Å². The van der Waals surface area contributed by atoms with Gasteiger partial charge in [0.25, 0.3) is 0 Å². The fraction of sp³-hybridized carbons (Fsp3) is 0.278. The Balaban J connectivity index is 2.18. The van der Waals surface area contributed by atoms with E-state index in [1.807, 2.05) is 31.2 Å². The molecule has 134 valence electrons. The summed E-state index contributed by atoms with van der Waals surface area (Å²) in [6.45, 7) is 3.85. The van der Waals surface area contributed by atoms with Crippen LogP contribution in [0.2, 0.25) is 5.02 Å². The van der Waals surface area contributed by atoms with E-state index in [9.17, 15) is 13.2 Å². The topological polar surface area (TPSA) is 66.5 Å². The predicted octanol–water partition coefficient (Wildman–Crippen LogP) is 3.12. The van der Waals surface area contributed by atoms with Gasteiger partial charge in [0, 0.05) is 11.6 Å². The molecule has 0 bridgehead atoms. The molecule has 2 aromatic rings. The van der Waals surface area contributed by atoms with Gasteiger partial charge in [-0.05, 0) is 37.6 Å². The minimum Gasteiger partial charge on any atom is -0.350 e. The molecule has 0 aromatic heterocycles. The minimum absolute atomic E-state index is 0.331. The minimum atomic E-state index is -3.65. The second-order valence-electron chi connectivity index (χ2n) is 5.92. The van der Waals surface area contributed by atoms with Crippen molar-refractivity contribution in [1.29, 1.82) is 0 Å². The lowest BCUT2D eigenvalue weighted by molar-refractivity contribution is -0.122. The van der Waals surface area contributed by atoms with Crippen LogP contribution in [0.5, 0.6) is 0 Å². The number of nitrogens with zero attached hydrogens (tertiary/aromatic N) is 1. The van der Waals surface area contributed by atoms with E-state index in [1.165, 1.54) is 6.07 Å². The number of halogens is 1. The van der Waals surface area contributed by atoms with Crippen molar-refractivity contribution in [3.05, 3.63) is 64.7 Å². The molecule has 2 rings (SSSR count). The fourth-order valence-corrected chi connectivity index (χ4v) is 3.93. The number of amides is 1. The van der Waals surface area contributed by atoms with Gasteiger partial charge in [0.1, 0.15) is 6.04 Å². The SMILES string of the molecule is Cc1cccc(CNC(=O)C(C)N(c2cccc(Cl)c2)S(C)(=O)=O)c1. The fourth-order valence-electron chi connectivity index (χ4n) is 2.58. The summed E-state index contributed by atoms with van der Waals surface area (Å²) in [5, 5.41) is 3.19. The summed E-state index contributed by atoms with van der Waals surface area (Å²) in [7, 11) is -3.65. The largest absolute Gasteiger partial charge is 0.350 e. The van der Waals surface area contributed by atoms with Gasteiger partial charge in [0.15, 0.2) is 0 Å². The number of sulfonamides is 1. The van der Waals surface area contributed by atoms with E-state index in [4.69, 9.17) is 11.6 Å². The molecule has 1 N–H and O–H groups in total. The van der Waals surface area contributed by atoms with Crippen molar-refractivity contribution in [3.63, 3.8) is 0 Å². The molecule has 2 aromatic carbocycles. The molecule has 0 aliphatic carbocycles. The van der Waals surface area contributed by atoms with E-state index in [-0.39, 0.29) is 5.91 Å². The molecule has 0 aliphatic rings. The summed E-state index contributed by atoms with van der Waals surface area (Å²) in [4.78, 5) is 12.5. The summed E-state index contributed by atoms with van der Waals surface area (Å²) >= 11 is 5.96. The van der Waals surface area contributed by atoms with Crippen LogP contribution < -0.4 is 9.62 Å². The van der Waals surface area contributed by atoms with Crippen LogP contribution >= 0.6 is 11.6 Å². The highest BCUT2D eigenvalue weighted by Gasteiger charge is 2.29. The second kappa shape index (κ2) is 7.89. The Morgan fingerprint density at radius 2 is 1.88 bits per heavy atom. The number of carbonyl (C=O) groups excluding carboxylic acids is 1. The van der Waals surface area contributed by atoms with E-state index in [0.29, 0.717) is 17.3 Å². The molecule has 0 saturated carbocycles. The number of hydrogen-bond donors (Lipinski definition) is 1. The van der Waals surface area contributed by atoms with Crippen LogP contribution in [0.25, 0.3) is 0 Å². The third-order valence-corrected chi connectivity index (χ3v) is 5.18. The summed E-state index contributed by atoms with van der Waals surface area (Å²) in [6.07, 6.45) is 1.07. The molecule has 0 spiro atoms. The molecule has 0 radical (unpaired) electrons. The zero-order valence-electron chi connectivity index (χ0n) is 14.4. The number of benzene rings is 2. The Hall–Kier alpha value is -2.05. The van der Waals surface area contributed by atoms with Gasteiger partial charge in [-0.25, -0.2) is 8.42 Å². The summed E-state index contributed by atoms with van der Waals surface area (Å²) in [5.74, 6) is -0.382. The van der Waals surface area contributed by atoms with Gasteiger partial charge in [-0.2, -0.15) is 0 Å². The van der Waals surface area contributed by atoms with Crippen LogP contribution in [-0.4, -0.2) is 26.6 Å². The molecule has 1 atom stereocenters. The number of anilines is 1. The van der Waals surface area contributed by atoms with Crippen LogP contribution in [0.1, 0.15) is 18.1 Å². The van der Waals surface area contributed by atoms with E-state index >= 15 is 0 Å². The van der Waals surface area contributed by atoms with E-state index < -0.39 is 16.1 Å². The van der Waals surface area contributed by atoms with Crippen LogP contribution in [0.15, 0.2) is 48.5 Å². The Labute approximate surface area is 153 Å². The zero-order chi connectivity index (χ0) is 18.6. The summed E-state index contributed by atoms with van der Waals surface area (Å²) in [6, 6.07) is 13.3. The Morgan fingerprint density at radius 1 is 1.20 bits per heavy atom. The predicted molar refractivity (Wildman–Crippen MR) is 101 cm³/mol. The van der Waals surface area contributed by atoms with Crippen LogP contribution in [-0.2, 0) is 21.4 Å². The first-order chi connectivity index (χ1) is 11.7. The van der Waals surface area contributed by atoms with E-state index in [0.717, 1.165) is 21.7 Å². The molecule has 25 heavy (non-hydrogen) atoms. The Bertz CT molecular complexity index is 868. The van der Waals surface area contributed by atoms with Crippen LogP contribution in [0.3, 0.4) is 0 Å². The van der Waals surface area contributed by atoms with Crippen molar-refractivity contribution >= 4 is 33.2 Å². The molecule has 5 nitrogen and oxygen atoms in total. The van der Waals surface area contributed by atoms with Crippen molar-refractivity contribution in [3.8, 4) is 0 Å². The number of rotatable bonds is 6. The van der Waals surface area contributed by atoms with Crippen molar-refractivity contribution < 1.29 is 13.2 Å². The van der Waals surface area contributed by atoms with E-state index in [2.05, 4.69) is 5.32 Å². The average molecular weight is 381 g/mol. The molecular formula is C18H21ClN2O3S. The van der Waals surface area contributed by atoms with Gasteiger partial charge in [-0.3, -0.25) is 9.10 Å². The maximum absolute atomic E-state index is 12.5. The molecule has 0 saturated heterocycles. The molecule has 1 unspecified atom stereocenters. The lowest BCUT2D eigenvalue weighted by atomic mass is 10.1. The average Bonchev–Trinajstić information content (AvgIpc) is 2.51. The lowest BCUT2D eigenvalue weighted by Gasteiger charge is -2.28. The highest BCUT2D eigenvalue weighted by atomic mass is 35.5. The van der Waals surface area contributed by atoms with Gasteiger partial charge >= 0.3 is 0 Å². The zero-order valence-corrected chi connectivity index (χ0v) is 15.9. The molecule has 0 fully saturated rings. The van der Waals surface area contributed by atoms with Crippen molar-refractivity contribution in [2.24, 2.45) is 0 Å². The highest BCUT2D eigenvalue weighted by Crippen LogP contribution is 2.24. The first-order valence-electron chi connectivity index (χ1n) is 7.76. The van der Waals surface area contributed by atoms with Gasteiger partial charge in [0.05, 0.1) is 11.9 Å². The van der Waals surface area contributed by atoms with Gasteiger partial charge in [-0.15, -0.1) is 0 Å². The quantitative estimate of drug-likeness (QED) is 0.837. The lowest BCUT2D eigenvalue weighted by Crippen LogP contribution is -2.47. The summed E-state index contributed by atoms with van der Waals surface area (Å²) < 4.78 is 25.5. The highest BCUT2D eigenvalue weighted by molar-refractivity contribution is 7.92. The number of nitrogens with one attached hydrogen (secondary N) is 1. The van der Waals surface area contributed by atoms with Crippen molar-refractivity contribution in [2.45, 2.75) is 26.4 Å². The molecule has 7 heteroatoms. The normalized spacial score (nSPS) is 12.5. The third-order valence-electron chi connectivity index (χ3n) is 3.70. The van der Waals surface area contributed by atoms with Gasteiger partial charge < -0.3 is 5.32 Å². The van der Waals surface area contributed by atoms with E-state index in [1.54, 1.807) is 25.1 Å².